The Kier molecular flexibility index (Phi) is 2.07. The maximum absolute atomic E-state index is 5.74. The lowest BCUT2D eigenvalue weighted by Crippen LogP contribution is -2.33. The number of hydrogen-bond acceptors (Lipinski definition) is 2. The van der Waals surface area contributed by atoms with Crippen molar-refractivity contribution in [2.24, 2.45) is 5.73 Å². The van der Waals surface area contributed by atoms with E-state index < -0.39 is 0 Å². The van der Waals surface area contributed by atoms with Gasteiger partial charge in [-0.05, 0) is 12.8 Å². The molecule has 1 unspecified atom stereocenters. The van der Waals surface area contributed by atoms with E-state index in [9.17, 15) is 0 Å². The van der Waals surface area contributed by atoms with Crippen molar-refractivity contribution >= 4 is 11.8 Å². The Morgan fingerprint density at radius 2 is 2.22 bits per heavy atom. The second-order valence-electron chi connectivity index (χ2n) is 3.37. The van der Waals surface area contributed by atoms with Crippen molar-refractivity contribution in [2.45, 2.75) is 37.5 Å². The minimum atomic E-state index is 0.461. The minimum Gasteiger partial charge on any atom is -0.327 e. The third kappa shape index (κ3) is 2.18. The summed E-state index contributed by atoms with van der Waals surface area (Å²) in [6, 6.07) is 0.461. The Bertz CT molecular complexity index is 91.1. The third-order valence-corrected chi connectivity index (χ3v) is 3.39. The largest absolute Gasteiger partial charge is 0.327 e. The molecule has 2 N–H and O–H groups in total. The standard InChI is InChI=1S/C7H15NS/c1-7(2)4-3-6(8)5-9-7/h6H,3-5,8H2,1-2H3. The molecule has 0 spiro atoms. The van der Waals surface area contributed by atoms with E-state index in [1.807, 2.05) is 11.8 Å². The van der Waals surface area contributed by atoms with Gasteiger partial charge in [-0.25, -0.2) is 0 Å². The fourth-order valence-electron chi connectivity index (χ4n) is 1.02. The molecular weight excluding hydrogens is 130 g/mol. The number of thioether (sulfide) groups is 1. The van der Waals surface area contributed by atoms with Gasteiger partial charge in [0.1, 0.15) is 0 Å². The predicted octanol–water partition coefficient (Wildman–Crippen LogP) is 1.62. The summed E-state index contributed by atoms with van der Waals surface area (Å²) in [5.41, 5.74) is 5.74. The van der Waals surface area contributed by atoms with E-state index in [-0.39, 0.29) is 0 Å². The SMILES string of the molecule is CC1(C)CCC(N)CS1. The highest BCUT2D eigenvalue weighted by Crippen LogP contribution is 2.34. The highest BCUT2D eigenvalue weighted by atomic mass is 32.2. The van der Waals surface area contributed by atoms with Crippen LogP contribution in [0.25, 0.3) is 0 Å². The first kappa shape index (κ1) is 7.42. The van der Waals surface area contributed by atoms with E-state index in [1.165, 1.54) is 12.8 Å². The fraction of sp³-hybridized carbons (Fsp3) is 1.00. The van der Waals surface area contributed by atoms with Crippen LogP contribution in [0.5, 0.6) is 0 Å². The first-order chi connectivity index (χ1) is 4.10. The highest BCUT2D eigenvalue weighted by Gasteiger charge is 2.24. The normalized spacial score (nSPS) is 34.3. The summed E-state index contributed by atoms with van der Waals surface area (Å²) in [7, 11) is 0. The van der Waals surface area contributed by atoms with E-state index in [2.05, 4.69) is 13.8 Å². The Labute approximate surface area is 61.4 Å². The second kappa shape index (κ2) is 2.51. The summed E-state index contributed by atoms with van der Waals surface area (Å²) in [5, 5.41) is 0. The predicted molar refractivity (Wildman–Crippen MR) is 43.7 cm³/mol. The molecule has 0 amide bonds. The second-order valence-corrected chi connectivity index (χ2v) is 5.10. The Balaban J connectivity index is 2.35. The lowest BCUT2D eigenvalue weighted by atomic mass is 10.0. The van der Waals surface area contributed by atoms with Gasteiger partial charge in [-0.1, -0.05) is 13.8 Å². The molecule has 1 rings (SSSR count). The van der Waals surface area contributed by atoms with Crippen molar-refractivity contribution in [3.8, 4) is 0 Å². The molecule has 54 valence electrons. The van der Waals surface area contributed by atoms with E-state index in [1.54, 1.807) is 0 Å². The zero-order valence-electron chi connectivity index (χ0n) is 6.18. The first-order valence-electron chi connectivity index (χ1n) is 3.50. The molecule has 9 heavy (non-hydrogen) atoms. The molecule has 0 aromatic rings. The van der Waals surface area contributed by atoms with Crippen LogP contribution in [0.15, 0.2) is 0 Å². The molecule has 0 aromatic heterocycles. The zero-order valence-corrected chi connectivity index (χ0v) is 7.00. The summed E-state index contributed by atoms with van der Waals surface area (Å²) in [6.07, 6.45) is 2.48. The highest BCUT2D eigenvalue weighted by molar-refractivity contribution is 8.00. The molecule has 1 aliphatic rings. The van der Waals surface area contributed by atoms with Crippen molar-refractivity contribution in [2.75, 3.05) is 5.75 Å². The average Bonchev–Trinajstić information content (AvgIpc) is 1.78. The van der Waals surface area contributed by atoms with Gasteiger partial charge in [0.2, 0.25) is 0 Å². The van der Waals surface area contributed by atoms with Crippen LogP contribution >= 0.6 is 11.8 Å². The van der Waals surface area contributed by atoms with Crippen LogP contribution in [0, 0.1) is 0 Å². The molecule has 0 saturated carbocycles. The van der Waals surface area contributed by atoms with Gasteiger partial charge in [0.25, 0.3) is 0 Å². The van der Waals surface area contributed by atoms with Gasteiger partial charge >= 0.3 is 0 Å². The number of hydrogen-bond donors (Lipinski definition) is 1. The Morgan fingerprint density at radius 1 is 1.56 bits per heavy atom. The molecule has 0 bridgehead atoms. The van der Waals surface area contributed by atoms with Gasteiger partial charge in [-0.2, -0.15) is 11.8 Å². The maximum atomic E-state index is 5.74. The minimum absolute atomic E-state index is 0.461. The van der Waals surface area contributed by atoms with E-state index >= 15 is 0 Å². The van der Waals surface area contributed by atoms with Gasteiger partial charge in [-0.3, -0.25) is 0 Å². The van der Waals surface area contributed by atoms with Crippen LogP contribution in [0.4, 0.5) is 0 Å². The molecular formula is C7H15NS. The summed E-state index contributed by atoms with van der Waals surface area (Å²) >= 11 is 2.00. The van der Waals surface area contributed by atoms with Crippen LogP contribution in [0.3, 0.4) is 0 Å². The van der Waals surface area contributed by atoms with Crippen molar-refractivity contribution < 1.29 is 0 Å². The molecule has 2 heteroatoms. The molecule has 1 atom stereocenters. The van der Waals surface area contributed by atoms with Crippen molar-refractivity contribution in [3.63, 3.8) is 0 Å². The lowest BCUT2D eigenvalue weighted by Gasteiger charge is -2.31. The summed E-state index contributed by atoms with van der Waals surface area (Å²) in [5.74, 6) is 1.15. The first-order valence-corrected chi connectivity index (χ1v) is 4.48. The number of rotatable bonds is 0. The zero-order chi connectivity index (χ0) is 6.91. The average molecular weight is 145 g/mol. The number of nitrogens with two attached hydrogens (primary N) is 1. The van der Waals surface area contributed by atoms with E-state index in [0.717, 1.165) is 5.75 Å². The van der Waals surface area contributed by atoms with Gasteiger partial charge < -0.3 is 5.73 Å². The van der Waals surface area contributed by atoms with Gasteiger partial charge in [0.15, 0.2) is 0 Å². The smallest absolute Gasteiger partial charge is 0.0131 e. The van der Waals surface area contributed by atoms with Crippen LogP contribution in [-0.4, -0.2) is 16.5 Å². The maximum Gasteiger partial charge on any atom is 0.0131 e. The quantitative estimate of drug-likeness (QED) is 0.560. The van der Waals surface area contributed by atoms with Gasteiger partial charge in [0, 0.05) is 16.5 Å². The third-order valence-electron chi connectivity index (χ3n) is 1.81. The molecule has 1 nitrogen and oxygen atoms in total. The van der Waals surface area contributed by atoms with Crippen LogP contribution in [-0.2, 0) is 0 Å². The molecule has 1 fully saturated rings. The summed E-state index contributed by atoms with van der Waals surface area (Å²) in [6.45, 7) is 4.59. The molecule has 0 radical (unpaired) electrons. The summed E-state index contributed by atoms with van der Waals surface area (Å²) < 4.78 is 0.496. The van der Waals surface area contributed by atoms with Gasteiger partial charge in [-0.15, -0.1) is 0 Å². The molecule has 1 aliphatic heterocycles. The van der Waals surface area contributed by atoms with Crippen LogP contribution in [0.1, 0.15) is 26.7 Å². The van der Waals surface area contributed by atoms with E-state index in [0.29, 0.717) is 10.8 Å². The Hall–Kier alpha value is 0.310. The van der Waals surface area contributed by atoms with Crippen molar-refractivity contribution in [1.29, 1.82) is 0 Å². The fourth-order valence-corrected chi connectivity index (χ4v) is 2.12. The van der Waals surface area contributed by atoms with Crippen molar-refractivity contribution in [1.82, 2.24) is 0 Å². The van der Waals surface area contributed by atoms with Crippen LogP contribution in [0.2, 0.25) is 0 Å². The monoisotopic (exact) mass is 145 g/mol. The van der Waals surface area contributed by atoms with Gasteiger partial charge in [0.05, 0.1) is 0 Å². The topological polar surface area (TPSA) is 26.0 Å². The molecule has 1 saturated heterocycles. The van der Waals surface area contributed by atoms with Crippen molar-refractivity contribution in [3.05, 3.63) is 0 Å². The van der Waals surface area contributed by atoms with E-state index in [4.69, 9.17) is 5.73 Å². The molecule has 0 aliphatic carbocycles. The Morgan fingerprint density at radius 3 is 2.56 bits per heavy atom. The molecule has 0 aromatic carbocycles. The van der Waals surface area contributed by atoms with Crippen LogP contribution < -0.4 is 5.73 Å². The molecule has 1 heterocycles. The summed E-state index contributed by atoms with van der Waals surface area (Å²) in [4.78, 5) is 0. The lowest BCUT2D eigenvalue weighted by molar-refractivity contribution is 0.527.